The predicted octanol–water partition coefficient (Wildman–Crippen LogP) is 1.83. The van der Waals surface area contributed by atoms with Gasteiger partial charge in [-0.2, -0.15) is 0 Å². The van der Waals surface area contributed by atoms with E-state index in [9.17, 15) is 9.59 Å². The zero-order valence-corrected chi connectivity index (χ0v) is 12.4. The normalized spacial score (nSPS) is 12.4. The van der Waals surface area contributed by atoms with Crippen LogP contribution in [0.15, 0.2) is 24.3 Å². The average Bonchev–Trinajstić information content (AvgIpc) is 2.28. The molecule has 1 aromatic carbocycles. The van der Waals surface area contributed by atoms with Gasteiger partial charge in [0.1, 0.15) is 5.60 Å². The van der Waals surface area contributed by atoms with E-state index >= 15 is 0 Å². The second-order valence-corrected chi connectivity index (χ2v) is 5.48. The molecule has 0 spiro atoms. The van der Waals surface area contributed by atoms with Crippen LogP contribution in [0.1, 0.15) is 27.2 Å². The summed E-state index contributed by atoms with van der Waals surface area (Å²) in [6.45, 7) is 5.01. The monoisotopic (exact) mass is 295 g/mol. The molecule has 0 unspecified atom stereocenters. The molecule has 21 heavy (non-hydrogen) atoms. The van der Waals surface area contributed by atoms with Gasteiger partial charge in [0.15, 0.2) is 0 Å². The summed E-state index contributed by atoms with van der Waals surface area (Å²) in [6.07, 6.45) is -1.98. The van der Waals surface area contributed by atoms with E-state index in [0.29, 0.717) is 11.4 Å². The van der Waals surface area contributed by atoms with Crippen LogP contribution in [0.5, 0.6) is 0 Å². The number of nitrogens with one attached hydrogen (secondary N) is 1. The van der Waals surface area contributed by atoms with E-state index in [1.54, 1.807) is 45.0 Å². The fourth-order valence-electron chi connectivity index (χ4n) is 1.46. The molecule has 0 fully saturated rings. The molecule has 0 saturated heterocycles. The van der Waals surface area contributed by atoms with Crippen LogP contribution in [-0.2, 0) is 14.3 Å². The Morgan fingerprint density at radius 1 is 1.29 bits per heavy atom. The molecule has 0 aliphatic heterocycles. The van der Waals surface area contributed by atoms with Crippen molar-refractivity contribution in [3.05, 3.63) is 24.3 Å². The number of para-hydroxylation sites is 2. The van der Waals surface area contributed by atoms with Gasteiger partial charge in [0.2, 0.25) is 0 Å². The topological polar surface area (TPSA) is 117 Å². The second kappa shape index (κ2) is 6.94. The number of hydrogen-bond acceptors (Lipinski definition) is 7. The van der Waals surface area contributed by atoms with Crippen LogP contribution in [-0.4, -0.2) is 23.9 Å². The van der Waals surface area contributed by atoms with Gasteiger partial charge in [-0.1, -0.05) is 12.1 Å². The third-order valence-electron chi connectivity index (χ3n) is 2.27. The van der Waals surface area contributed by atoms with E-state index in [4.69, 9.17) is 16.2 Å². The molecule has 0 bridgehead atoms. The van der Waals surface area contributed by atoms with Gasteiger partial charge in [0, 0.05) is 0 Å². The molecule has 0 heterocycles. The molecule has 7 nitrogen and oxygen atoms in total. The summed E-state index contributed by atoms with van der Waals surface area (Å²) >= 11 is 0. The van der Waals surface area contributed by atoms with E-state index in [-0.39, 0.29) is 6.42 Å². The third kappa shape index (κ3) is 6.62. The Balaban J connectivity index is 2.44. The largest absolute Gasteiger partial charge is 0.516 e. The van der Waals surface area contributed by atoms with Crippen LogP contribution < -0.4 is 16.8 Å². The molecule has 0 aromatic heterocycles. The van der Waals surface area contributed by atoms with Gasteiger partial charge in [-0.05, 0) is 32.9 Å². The van der Waals surface area contributed by atoms with Gasteiger partial charge in [-0.3, -0.25) is 4.79 Å². The second-order valence-electron chi connectivity index (χ2n) is 5.48. The number of benzene rings is 1. The van der Waals surface area contributed by atoms with E-state index < -0.39 is 23.9 Å². The smallest absolute Gasteiger partial charge is 0.428 e. The highest BCUT2D eigenvalue weighted by molar-refractivity contribution is 5.82. The Labute approximate surface area is 123 Å². The lowest BCUT2D eigenvalue weighted by Crippen LogP contribution is -2.34. The predicted molar refractivity (Wildman–Crippen MR) is 79.4 cm³/mol. The SMILES string of the molecule is CC(C)(C)OC(=O)OC(=O)C[C@@H](N)Nc1ccccc1N. The summed E-state index contributed by atoms with van der Waals surface area (Å²) in [7, 11) is 0. The molecule has 0 saturated carbocycles. The minimum Gasteiger partial charge on any atom is -0.428 e. The van der Waals surface area contributed by atoms with Gasteiger partial charge in [0.05, 0.1) is 24.0 Å². The highest BCUT2D eigenvalue weighted by Crippen LogP contribution is 2.17. The van der Waals surface area contributed by atoms with Gasteiger partial charge in [-0.15, -0.1) is 0 Å². The molecular formula is C14H21N3O4. The maximum Gasteiger partial charge on any atom is 0.516 e. The van der Waals surface area contributed by atoms with E-state index in [0.717, 1.165) is 0 Å². The molecule has 1 atom stereocenters. The molecule has 1 rings (SSSR count). The summed E-state index contributed by atoms with van der Waals surface area (Å²) in [6, 6.07) is 7.00. The molecule has 0 amide bonds. The fourth-order valence-corrected chi connectivity index (χ4v) is 1.46. The quantitative estimate of drug-likeness (QED) is 0.336. The first kappa shape index (κ1) is 16.8. The van der Waals surface area contributed by atoms with Gasteiger partial charge in [-0.25, -0.2) is 4.79 Å². The Morgan fingerprint density at radius 2 is 1.90 bits per heavy atom. The number of rotatable bonds is 4. The van der Waals surface area contributed by atoms with Gasteiger partial charge >= 0.3 is 12.1 Å². The molecule has 116 valence electrons. The van der Waals surface area contributed by atoms with Crippen molar-refractivity contribution in [1.29, 1.82) is 0 Å². The minimum absolute atomic E-state index is 0.201. The summed E-state index contributed by atoms with van der Waals surface area (Å²) in [5, 5.41) is 2.86. The molecular weight excluding hydrogens is 274 g/mol. The first-order valence-electron chi connectivity index (χ1n) is 6.47. The Bertz CT molecular complexity index is 511. The third-order valence-corrected chi connectivity index (χ3v) is 2.27. The lowest BCUT2D eigenvalue weighted by Gasteiger charge is -2.19. The summed E-state index contributed by atoms with van der Waals surface area (Å²) < 4.78 is 9.38. The van der Waals surface area contributed by atoms with Crippen molar-refractivity contribution < 1.29 is 19.1 Å². The number of nitrogen functional groups attached to an aromatic ring is 1. The number of anilines is 2. The summed E-state index contributed by atoms with van der Waals surface area (Å²) in [4.78, 5) is 22.9. The van der Waals surface area contributed by atoms with Crippen molar-refractivity contribution >= 4 is 23.5 Å². The van der Waals surface area contributed by atoms with Crippen molar-refractivity contribution in [2.24, 2.45) is 5.73 Å². The average molecular weight is 295 g/mol. The number of carbonyl (C=O) groups excluding carboxylic acids is 2. The standard InChI is InChI=1S/C14H21N3O4/c1-14(2,3)21-13(19)20-12(18)8-11(16)17-10-7-5-4-6-9(10)15/h4-7,11,17H,8,15-16H2,1-3H3/t11-/m0/s1. The van der Waals surface area contributed by atoms with E-state index in [1.807, 2.05) is 0 Å². The van der Waals surface area contributed by atoms with Gasteiger partial charge in [0.25, 0.3) is 0 Å². The summed E-state index contributed by atoms with van der Waals surface area (Å²) in [5.41, 5.74) is 11.9. The number of ether oxygens (including phenoxy) is 2. The Hall–Kier alpha value is -2.28. The van der Waals surface area contributed by atoms with Crippen LogP contribution in [0, 0.1) is 0 Å². The molecule has 7 heteroatoms. The van der Waals surface area contributed by atoms with Crippen molar-refractivity contribution in [2.45, 2.75) is 39.0 Å². The highest BCUT2D eigenvalue weighted by atomic mass is 16.7. The van der Waals surface area contributed by atoms with Crippen LogP contribution in [0.2, 0.25) is 0 Å². The lowest BCUT2D eigenvalue weighted by atomic mass is 10.2. The summed E-state index contributed by atoms with van der Waals surface area (Å²) in [5.74, 6) is -0.779. The van der Waals surface area contributed by atoms with Crippen LogP contribution in [0.25, 0.3) is 0 Å². The maximum absolute atomic E-state index is 11.6. The van der Waals surface area contributed by atoms with Crippen LogP contribution in [0.3, 0.4) is 0 Å². The lowest BCUT2D eigenvalue weighted by molar-refractivity contribution is -0.141. The minimum atomic E-state index is -1.04. The number of nitrogens with two attached hydrogens (primary N) is 2. The molecule has 0 aliphatic rings. The van der Waals surface area contributed by atoms with Crippen molar-refractivity contribution in [3.63, 3.8) is 0 Å². The maximum atomic E-state index is 11.6. The number of esters is 1. The van der Waals surface area contributed by atoms with Crippen LogP contribution in [0.4, 0.5) is 16.2 Å². The molecule has 0 radical (unpaired) electrons. The Morgan fingerprint density at radius 3 is 2.48 bits per heavy atom. The van der Waals surface area contributed by atoms with Crippen molar-refractivity contribution in [3.8, 4) is 0 Å². The zero-order chi connectivity index (χ0) is 16.0. The first-order chi connectivity index (χ1) is 9.67. The highest BCUT2D eigenvalue weighted by Gasteiger charge is 2.21. The molecule has 5 N–H and O–H groups in total. The molecule has 0 aliphatic carbocycles. The molecule has 1 aromatic rings. The van der Waals surface area contributed by atoms with E-state index in [1.165, 1.54) is 0 Å². The van der Waals surface area contributed by atoms with Crippen LogP contribution >= 0.6 is 0 Å². The zero-order valence-electron chi connectivity index (χ0n) is 12.4. The fraction of sp³-hybridized carbons (Fsp3) is 0.429. The van der Waals surface area contributed by atoms with Gasteiger partial charge < -0.3 is 26.3 Å². The number of hydrogen-bond donors (Lipinski definition) is 3. The van der Waals surface area contributed by atoms with E-state index in [2.05, 4.69) is 10.1 Å². The number of carbonyl (C=O) groups is 2. The van der Waals surface area contributed by atoms with Crippen molar-refractivity contribution in [1.82, 2.24) is 0 Å². The Kier molecular flexibility index (Phi) is 5.54. The first-order valence-corrected chi connectivity index (χ1v) is 6.47. The van der Waals surface area contributed by atoms with Crippen molar-refractivity contribution in [2.75, 3.05) is 11.1 Å².